The first-order valence-electron chi connectivity index (χ1n) is 6.36. The molecule has 0 saturated heterocycles. The second-order valence-electron chi connectivity index (χ2n) is 4.75. The molecular weight excluding hydrogens is 267 g/mol. The van der Waals surface area contributed by atoms with E-state index in [2.05, 4.69) is 16.2 Å². The molecule has 2 heterocycles. The van der Waals surface area contributed by atoms with E-state index in [1.54, 1.807) is 25.6 Å². The lowest BCUT2D eigenvalue weighted by Gasteiger charge is -2.09. The zero-order chi connectivity index (χ0) is 15.7. The van der Waals surface area contributed by atoms with Gasteiger partial charge in [-0.25, -0.2) is 4.98 Å². The Balaban J connectivity index is 2.77. The second-order valence-corrected chi connectivity index (χ2v) is 4.75. The number of hydrogen-bond acceptors (Lipinski definition) is 5. The molecule has 0 unspecified atom stereocenters. The summed E-state index contributed by atoms with van der Waals surface area (Å²) in [5.41, 5.74) is 3.07. The van der Waals surface area contributed by atoms with Gasteiger partial charge >= 0.3 is 8.05 Å². The maximum absolute atomic E-state index is 9.56. The van der Waals surface area contributed by atoms with Crippen LogP contribution in [-0.2, 0) is 11.7 Å². The Morgan fingerprint density at radius 1 is 1.33 bits per heavy atom. The number of aromatic nitrogens is 3. The Kier molecular flexibility index (Phi) is 3.89. The van der Waals surface area contributed by atoms with Gasteiger partial charge in [0.25, 0.3) is 0 Å². The Labute approximate surface area is 124 Å². The average molecular weight is 282 g/mol. The highest BCUT2D eigenvalue weighted by atomic mass is 16.4. The lowest BCUT2D eigenvalue weighted by atomic mass is 10.0. The minimum Gasteiger partial charge on any atom is -0.565 e. The van der Waals surface area contributed by atoms with Gasteiger partial charge in [0.15, 0.2) is 5.89 Å². The van der Waals surface area contributed by atoms with Crippen LogP contribution in [0.25, 0.3) is 11.3 Å². The summed E-state index contributed by atoms with van der Waals surface area (Å²) >= 11 is 0. The molecule has 0 spiro atoms. The van der Waals surface area contributed by atoms with Gasteiger partial charge in [-0.05, 0) is 26.3 Å². The van der Waals surface area contributed by atoms with Gasteiger partial charge in [-0.1, -0.05) is 0 Å². The van der Waals surface area contributed by atoms with Crippen molar-refractivity contribution in [2.45, 2.75) is 27.7 Å². The van der Waals surface area contributed by atoms with Crippen LogP contribution in [0, 0.1) is 39.0 Å². The molecule has 0 aliphatic rings. The number of rotatable bonds is 3. The van der Waals surface area contributed by atoms with Crippen LogP contribution in [0.1, 0.15) is 34.3 Å². The van der Waals surface area contributed by atoms with Crippen molar-refractivity contribution in [2.24, 2.45) is 7.05 Å². The van der Waals surface area contributed by atoms with Crippen LogP contribution >= 0.6 is 0 Å². The van der Waals surface area contributed by atoms with E-state index < -0.39 is 0 Å². The summed E-state index contributed by atoms with van der Waals surface area (Å²) in [4.78, 5) is 4.23. The monoisotopic (exact) mass is 282 g/mol. The van der Waals surface area contributed by atoms with Crippen LogP contribution < -0.4 is 0 Å². The summed E-state index contributed by atoms with van der Waals surface area (Å²) in [5.74, 6) is 1.20. The molecule has 0 aliphatic heterocycles. The minimum absolute atomic E-state index is 0.179. The van der Waals surface area contributed by atoms with Gasteiger partial charge in [-0.3, -0.25) is 4.68 Å². The number of nitrogens with zero attached hydrogens (tertiary/aromatic N) is 4. The van der Waals surface area contributed by atoms with Gasteiger partial charge in [-0.2, -0.15) is 10.4 Å². The van der Waals surface area contributed by atoms with Gasteiger partial charge in [0.2, 0.25) is 0 Å². The quantitative estimate of drug-likeness (QED) is 0.489. The number of hydrogen-bond donors (Lipinski definition) is 0. The lowest BCUT2D eigenvalue weighted by Crippen LogP contribution is -2.03. The van der Waals surface area contributed by atoms with E-state index in [1.807, 2.05) is 13.8 Å². The number of allylic oxidation sites excluding steroid dienone is 1. The first-order valence-corrected chi connectivity index (χ1v) is 6.36. The van der Waals surface area contributed by atoms with E-state index >= 15 is 0 Å². The predicted molar refractivity (Wildman–Crippen MR) is 77.9 cm³/mol. The third kappa shape index (κ3) is 2.45. The van der Waals surface area contributed by atoms with E-state index in [9.17, 15) is 5.26 Å². The van der Waals surface area contributed by atoms with Crippen LogP contribution in [-0.4, -0.2) is 22.8 Å². The van der Waals surface area contributed by atoms with Crippen molar-refractivity contribution in [1.29, 1.82) is 5.26 Å². The summed E-state index contributed by atoms with van der Waals surface area (Å²) in [6.45, 7) is 7.23. The molecule has 0 aliphatic carbocycles. The molecular formula is C14H15BN4O2. The number of oxazole rings is 1. The van der Waals surface area contributed by atoms with Crippen molar-refractivity contribution < 1.29 is 9.07 Å². The Hall–Kier alpha value is -2.49. The molecule has 0 saturated carbocycles. The van der Waals surface area contributed by atoms with Crippen molar-refractivity contribution in [2.75, 3.05) is 0 Å². The Morgan fingerprint density at radius 2 is 2.00 bits per heavy atom. The van der Waals surface area contributed by atoms with Crippen molar-refractivity contribution in [3.8, 4) is 6.07 Å². The fourth-order valence-electron chi connectivity index (χ4n) is 2.30. The molecule has 106 valence electrons. The van der Waals surface area contributed by atoms with E-state index in [-0.39, 0.29) is 11.3 Å². The fourth-order valence-corrected chi connectivity index (χ4v) is 2.30. The molecule has 0 fully saturated rings. The first-order chi connectivity index (χ1) is 9.90. The Bertz CT molecular complexity index is 765. The molecule has 0 aromatic carbocycles. The molecule has 2 aromatic rings. The van der Waals surface area contributed by atoms with Crippen molar-refractivity contribution in [3.05, 3.63) is 34.3 Å². The predicted octanol–water partition coefficient (Wildman–Crippen LogP) is 2.13. The van der Waals surface area contributed by atoms with Gasteiger partial charge in [0.1, 0.15) is 28.9 Å². The van der Waals surface area contributed by atoms with E-state index in [1.165, 1.54) is 0 Å². The summed E-state index contributed by atoms with van der Waals surface area (Å²) in [5, 5.41) is 13.9. The van der Waals surface area contributed by atoms with Crippen molar-refractivity contribution in [1.82, 2.24) is 14.8 Å². The summed E-state index contributed by atoms with van der Waals surface area (Å²) in [6, 6.07) is 2.13. The van der Waals surface area contributed by atoms with Gasteiger partial charge in [0.05, 0.1) is 11.4 Å². The summed E-state index contributed by atoms with van der Waals surface area (Å²) in [6.07, 6.45) is 0. The molecule has 0 atom stereocenters. The average Bonchev–Trinajstić information content (AvgIpc) is 2.88. The normalized spacial score (nSPS) is 12.0. The van der Waals surface area contributed by atoms with E-state index in [0.717, 1.165) is 11.3 Å². The third-order valence-electron chi connectivity index (χ3n) is 3.33. The van der Waals surface area contributed by atoms with Crippen LogP contribution in [0.15, 0.2) is 4.42 Å². The molecule has 0 amide bonds. The van der Waals surface area contributed by atoms with Gasteiger partial charge in [-0.15, -0.1) is 0 Å². The number of nitriles is 1. The van der Waals surface area contributed by atoms with Crippen LogP contribution in [0.4, 0.5) is 0 Å². The lowest BCUT2D eigenvalue weighted by molar-refractivity contribution is 0.492. The van der Waals surface area contributed by atoms with E-state index in [4.69, 9.17) is 17.1 Å². The minimum atomic E-state index is 0.179. The molecule has 2 rings (SSSR count). The molecule has 7 heteroatoms. The van der Waals surface area contributed by atoms with Crippen LogP contribution in [0.5, 0.6) is 0 Å². The van der Waals surface area contributed by atoms with Gasteiger partial charge in [0, 0.05) is 14.0 Å². The molecule has 2 radical (unpaired) electrons. The summed E-state index contributed by atoms with van der Waals surface area (Å²) < 4.78 is 12.0. The Morgan fingerprint density at radius 3 is 2.38 bits per heavy atom. The molecule has 21 heavy (non-hydrogen) atoms. The maximum Gasteiger partial charge on any atom is 0.374 e. The third-order valence-corrected chi connectivity index (χ3v) is 3.33. The first kappa shape index (κ1) is 14.9. The topological polar surface area (TPSA) is 76.9 Å². The highest BCUT2D eigenvalue weighted by molar-refractivity contribution is 6.06. The smallest absolute Gasteiger partial charge is 0.374 e. The molecule has 0 bridgehead atoms. The maximum atomic E-state index is 9.56. The SMILES string of the molecule is [B]OC(=C(C#N)c1c(C)c(C)nn1C)c1nc(C)oc1C. The van der Waals surface area contributed by atoms with Crippen LogP contribution in [0.3, 0.4) is 0 Å². The molecule has 0 N–H and O–H groups in total. The largest absolute Gasteiger partial charge is 0.565 e. The second kappa shape index (κ2) is 5.48. The van der Waals surface area contributed by atoms with Gasteiger partial charge < -0.3 is 9.07 Å². The number of aryl methyl sites for hydroxylation is 4. The zero-order valence-corrected chi connectivity index (χ0v) is 12.7. The molecule has 2 aromatic heterocycles. The fraction of sp³-hybridized carbons (Fsp3) is 0.357. The molecule has 6 nitrogen and oxygen atoms in total. The highest BCUT2D eigenvalue weighted by Gasteiger charge is 2.23. The zero-order valence-electron chi connectivity index (χ0n) is 12.7. The highest BCUT2D eigenvalue weighted by Crippen LogP contribution is 2.30. The van der Waals surface area contributed by atoms with Crippen molar-refractivity contribution >= 4 is 19.4 Å². The van der Waals surface area contributed by atoms with Crippen molar-refractivity contribution in [3.63, 3.8) is 0 Å². The van der Waals surface area contributed by atoms with E-state index in [0.29, 0.717) is 23.0 Å². The van der Waals surface area contributed by atoms with Crippen LogP contribution in [0.2, 0.25) is 0 Å². The summed E-state index contributed by atoms with van der Waals surface area (Å²) in [7, 11) is 7.15. The standard InChI is InChI=1S/C14H15BN4O2/c1-7-8(2)18-19(5)13(7)11(6-16)14(21-15)12-9(3)20-10(4)17-12/h1-5H3.